The molecule has 2 atom stereocenters. The molecule has 0 aromatic heterocycles. The van der Waals surface area contributed by atoms with Crippen molar-refractivity contribution in [2.75, 3.05) is 6.54 Å². The summed E-state index contributed by atoms with van der Waals surface area (Å²) < 4.78 is 24.5. The number of rotatable bonds is 6. The molecule has 0 fully saturated rings. The van der Waals surface area contributed by atoms with E-state index in [0.717, 1.165) is 0 Å². The van der Waals surface area contributed by atoms with Gasteiger partial charge in [-0.05, 0) is 32.9 Å². The van der Waals surface area contributed by atoms with Crippen molar-refractivity contribution in [3.8, 4) is 5.75 Å². The summed E-state index contributed by atoms with van der Waals surface area (Å²) in [5.74, 6) is -0.136. The number of nitrogens with two attached hydrogens (primary N) is 1. The van der Waals surface area contributed by atoms with Crippen molar-refractivity contribution < 1.29 is 17.9 Å². The van der Waals surface area contributed by atoms with Crippen LogP contribution in [0.25, 0.3) is 0 Å². The van der Waals surface area contributed by atoms with Gasteiger partial charge in [0.2, 0.25) is 0 Å². The first-order valence-corrected chi connectivity index (χ1v) is 7.23. The van der Waals surface area contributed by atoms with Crippen LogP contribution in [-0.4, -0.2) is 28.4 Å². The summed E-state index contributed by atoms with van der Waals surface area (Å²) in [4.78, 5) is 11.8. The fraction of sp³-hybridized carbons (Fsp3) is 0.462. The highest BCUT2D eigenvalue weighted by Crippen LogP contribution is 2.11. The van der Waals surface area contributed by atoms with E-state index in [9.17, 15) is 9.00 Å². The summed E-state index contributed by atoms with van der Waals surface area (Å²) in [6.07, 6.45) is 0. The van der Waals surface area contributed by atoms with E-state index in [0.29, 0.717) is 5.75 Å². The Hall–Kier alpha value is -1.44. The quantitative estimate of drug-likeness (QED) is 0.762. The van der Waals surface area contributed by atoms with Crippen LogP contribution in [0.2, 0.25) is 0 Å². The van der Waals surface area contributed by atoms with Crippen molar-refractivity contribution in [2.24, 2.45) is 5.73 Å². The zero-order valence-electron chi connectivity index (χ0n) is 11.8. The van der Waals surface area contributed by atoms with E-state index in [4.69, 9.17) is 14.7 Å². The molecule has 3 N–H and O–H groups in total. The second kappa shape index (κ2) is 7.37. The van der Waals surface area contributed by atoms with E-state index < -0.39 is 28.9 Å². The minimum absolute atomic E-state index is 0.0429. The van der Waals surface area contributed by atoms with Crippen molar-refractivity contribution in [2.45, 2.75) is 32.4 Å². The number of ether oxygens (including phenoxy) is 1. The van der Waals surface area contributed by atoms with Crippen LogP contribution in [0.4, 0.5) is 0 Å². The minimum Gasteiger partial charge on any atom is -0.459 e. The van der Waals surface area contributed by atoms with Crippen molar-refractivity contribution in [1.29, 1.82) is 0 Å². The summed E-state index contributed by atoms with van der Waals surface area (Å²) in [7, 11) is 0. The van der Waals surface area contributed by atoms with Gasteiger partial charge >= 0.3 is 5.97 Å². The minimum atomic E-state index is -1.88. The van der Waals surface area contributed by atoms with E-state index >= 15 is 0 Å². The first-order valence-electron chi connectivity index (χ1n) is 6.16. The third-order valence-electron chi connectivity index (χ3n) is 2.08. The van der Waals surface area contributed by atoms with E-state index in [-0.39, 0.29) is 6.54 Å². The number of nitrogens with one attached hydrogen (secondary N) is 1. The van der Waals surface area contributed by atoms with Gasteiger partial charge in [-0.1, -0.05) is 18.2 Å². The highest BCUT2D eigenvalue weighted by atomic mass is 32.2. The van der Waals surface area contributed by atoms with E-state index in [1.165, 1.54) is 0 Å². The monoisotopic (exact) mass is 300 g/mol. The molecular weight excluding hydrogens is 280 g/mol. The van der Waals surface area contributed by atoms with Crippen LogP contribution in [0.3, 0.4) is 0 Å². The molecule has 6 nitrogen and oxygen atoms in total. The molecule has 0 saturated heterocycles. The van der Waals surface area contributed by atoms with E-state index in [1.54, 1.807) is 45.0 Å². The van der Waals surface area contributed by atoms with Gasteiger partial charge in [0.1, 0.15) is 17.4 Å². The lowest BCUT2D eigenvalue weighted by atomic mass is 10.2. The topological polar surface area (TPSA) is 90.6 Å². The van der Waals surface area contributed by atoms with Gasteiger partial charge in [0.15, 0.2) is 0 Å². The van der Waals surface area contributed by atoms with Crippen LogP contribution < -0.4 is 14.6 Å². The average Bonchev–Trinajstić information content (AvgIpc) is 2.35. The number of esters is 1. The lowest BCUT2D eigenvalue weighted by Gasteiger charge is -2.23. The molecule has 0 amide bonds. The Labute approximate surface area is 121 Å². The van der Waals surface area contributed by atoms with Gasteiger partial charge in [0.05, 0.1) is 0 Å². The Bertz CT molecular complexity index is 459. The fourth-order valence-corrected chi connectivity index (χ4v) is 2.03. The van der Waals surface area contributed by atoms with Gasteiger partial charge in [0.25, 0.3) is 11.3 Å². The second-order valence-corrected chi connectivity index (χ2v) is 5.94. The Morgan fingerprint density at radius 2 is 1.95 bits per heavy atom. The number of carbonyl (C=O) groups is 1. The molecule has 1 aromatic rings. The largest absolute Gasteiger partial charge is 0.459 e. The van der Waals surface area contributed by atoms with Gasteiger partial charge in [-0.25, -0.2) is 0 Å². The number of benzene rings is 1. The fourth-order valence-electron chi connectivity index (χ4n) is 1.27. The van der Waals surface area contributed by atoms with Gasteiger partial charge < -0.3 is 14.7 Å². The Balaban J connectivity index is 2.55. The molecule has 0 radical (unpaired) electrons. The highest BCUT2D eigenvalue weighted by Gasteiger charge is 2.26. The maximum atomic E-state index is 11.8. The zero-order chi connectivity index (χ0) is 15.2. The third kappa shape index (κ3) is 6.14. The summed E-state index contributed by atoms with van der Waals surface area (Å²) in [6.45, 7) is 5.19. The van der Waals surface area contributed by atoms with Crippen LogP contribution in [0.15, 0.2) is 30.3 Å². The van der Waals surface area contributed by atoms with Crippen LogP contribution in [0.1, 0.15) is 20.8 Å². The third-order valence-corrected chi connectivity index (χ3v) is 2.90. The van der Waals surface area contributed by atoms with E-state index in [1.807, 2.05) is 6.07 Å². The molecule has 0 aliphatic heterocycles. The predicted molar refractivity (Wildman–Crippen MR) is 77.0 cm³/mol. The molecule has 1 rings (SSSR count). The first-order chi connectivity index (χ1) is 9.31. The summed E-state index contributed by atoms with van der Waals surface area (Å²) >= 11 is -1.88. The lowest BCUT2D eigenvalue weighted by molar-refractivity contribution is -0.156. The molecule has 0 aliphatic rings. The molecule has 0 saturated carbocycles. The number of carbonyl (C=O) groups excluding carboxylic acids is 1. The van der Waals surface area contributed by atoms with Crippen LogP contribution >= 0.6 is 0 Å². The smallest absolute Gasteiger partial charge is 0.326 e. The summed E-state index contributed by atoms with van der Waals surface area (Å²) in [5.41, 5.74) is 4.85. The number of para-hydroxylation sites is 1. The van der Waals surface area contributed by atoms with E-state index in [2.05, 4.69) is 4.72 Å². The molecule has 1 aromatic carbocycles. The van der Waals surface area contributed by atoms with Gasteiger partial charge in [-0.2, -0.15) is 8.93 Å². The van der Waals surface area contributed by atoms with Crippen molar-refractivity contribution in [3.05, 3.63) is 30.3 Å². The van der Waals surface area contributed by atoms with Crippen LogP contribution in [0, 0.1) is 0 Å². The molecule has 0 bridgehead atoms. The van der Waals surface area contributed by atoms with Crippen molar-refractivity contribution in [1.82, 2.24) is 4.72 Å². The molecule has 20 heavy (non-hydrogen) atoms. The second-order valence-electron chi connectivity index (χ2n) is 5.07. The first kappa shape index (κ1) is 16.6. The number of hydrogen-bond acceptors (Lipinski definition) is 5. The van der Waals surface area contributed by atoms with Gasteiger partial charge in [0, 0.05) is 6.54 Å². The molecule has 112 valence electrons. The Morgan fingerprint density at radius 1 is 1.35 bits per heavy atom. The van der Waals surface area contributed by atoms with Crippen molar-refractivity contribution in [3.63, 3.8) is 0 Å². The lowest BCUT2D eigenvalue weighted by Crippen LogP contribution is -2.47. The summed E-state index contributed by atoms with van der Waals surface area (Å²) in [6, 6.07) is 7.74. The Morgan fingerprint density at radius 3 is 2.45 bits per heavy atom. The molecular formula is C13H20N2O4S. The maximum absolute atomic E-state index is 11.8. The maximum Gasteiger partial charge on any atom is 0.326 e. The summed E-state index contributed by atoms with van der Waals surface area (Å²) in [5, 5.41) is 0. The highest BCUT2D eigenvalue weighted by molar-refractivity contribution is 7.78. The Kier molecular flexibility index (Phi) is 6.12. The molecule has 0 aliphatic carbocycles. The van der Waals surface area contributed by atoms with Crippen molar-refractivity contribution >= 4 is 17.2 Å². The number of hydrogen-bond donors (Lipinski definition) is 2. The van der Waals surface area contributed by atoms with Crippen LogP contribution in [-0.2, 0) is 20.8 Å². The normalized spacial score (nSPS) is 14.4. The zero-order valence-corrected chi connectivity index (χ0v) is 12.6. The molecule has 7 heteroatoms. The van der Waals surface area contributed by atoms with Crippen LogP contribution in [0.5, 0.6) is 5.75 Å². The molecule has 2 unspecified atom stereocenters. The average molecular weight is 300 g/mol. The molecule has 0 heterocycles. The van der Waals surface area contributed by atoms with Gasteiger partial charge in [-0.15, -0.1) is 0 Å². The standard InChI is InChI=1S/C13H20N2O4S/c1-13(2,3)18-12(16)11(9-14)15-20(17)19-10-7-5-4-6-8-10/h4-8,11,15H,9,14H2,1-3H3. The molecule has 0 spiro atoms. The SMILES string of the molecule is CC(C)(C)OC(=O)C(CN)NS(=O)Oc1ccccc1. The van der Waals surface area contributed by atoms with Gasteiger partial charge in [-0.3, -0.25) is 4.79 Å². The predicted octanol–water partition coefficient (Wildman–Crippen LogP) is 0.903.